The summed E-state index contributed by atoms with van der Waals surface area (Å²) < 4.78 is 16.8. The van der Waals surface area contributed by atoms with Crippen LogP contribution in [0.4, 0.5) is 0 Å². The van der Waals surface area contributed by atoms with E-state index in [0.717, 1.165) is 103 Å². The van der Waals surface area contributed by atoms with Gasteiger partial charge in [-0.3, -0.25) is 14.4 Å². The molecule has 0 rings (SSSR count). The molecule has 0 aromatic carbocycles. The van der Waals surface area contributed by atoms with Crippen LogP contribution in [0.5, 0.6) is 0 Å². The Balaban J connectivity index is 4.48. The van der Waals surface area contributed by atoms with Crippen LogP contribution in [0.1, 0.15) is 213 Å². The Bertz CT molecular complexity index is 1480. The van der Waals surface area contributed by atoms with Gasteiger partial charge in [0.1, 0.15) is 13.2 Å². The third-order valence-electron chi connectivity index (χ3n) is 10.8. The average Bonchev–Trinajstić information content (AvgIpc) is 3.33. The van der Waals surface area contributed by atoms with E-state index < -0.39 is 6.10 Å². The summed E-state index contributed by atoms with van der Waals surface area (Å²) in [6.07, 6.45) is 75.8. The molecule has 0 aromatic heterocycles. The molecule has 0 aliphatic heterocycles. The fourth-order valence-corrected chi connectivity index (χ4v) is 6.89. The summed E-state index contributed by atoms with van der Waals surface area (Å²) >= 11 is 0. The van der Waals surface area contributed by atoms with Crippen molar-refractivity contribution in [1.29, 1.82) is 0 Å². The van der Waals surface area contributed by atoms with Crippen LogP contribution in [0, 0.1) is 0 Å². The maximum atomic E-state index is 12.8. The molecule has 376 valence electrons. The van der Waals surface area contributed by atoms with Gasteiger partial charge >= 0.3 is 17.9 Å². The maximum Gasteiger partial charge on any atom is 0.306 e. The van der Waals surface area contributed by atoms with E-state index in [9.17, 15) is 14.4 Å². The highest BCUT2D eigenvalue weighted by atomic mass is 16.6. The topological polar surface area (TPSA) is 78.9 Å². The van der Waals surface area contributed by atoms with Gasteiger partial charge in [0, 0.05) is 19.3 Å². The third kappa shape index (κ3) is 52.4. The fourth-order valence-electron chi connectivity index (χ4n) is 6.89. The molecule has 1 unspecified atom stereocenters. The molecule has 6 heteroatoms. The molecule has 0 aliphatic rings. The quantitative estimate of drug-likeness (QED) is 0.0199. The Kier molecular flexibility index (Phi) is 50.6. The first kappa shape index (κ1) is 62.5. The number of rotatable bonds is 46. The molecule has 6 nitrogen and oxygen atoms in total. The standard InChI is InChI=1S/C61H96O6/c1-4-7-10-13-16-19-22-25-28-29-30-31-34-36-39-42-45-48-51-54-60(63)66-57-58(67-61(64)55-52-49-46-43-40-37-33-27-24-21-18-15-12-9-6-3)56-65-59(62)53-50-47-44-41-38-35-32-26-23-20-17-14-11-8-5-2/h7-12,14-21,23-25,27-28,33,37,40,58H,4-6,13,22,26,29-32,34-36,38-39,41-57H2,1-3H3/b10-7-,11-8-,12-9-,17-14-,18-15-,19-16-,23-20-,24-21-,28-25-,33-27-,40-37-. The molecule has 0 aliphatic carbocycles. The zero-order valence-electron chi connectivity index (χ0n) is 42.9. The first-order valence-electron chi connectivity index (χ1n) is 26.8. The van der Waals surface area contributed by atoms with Gasteiger partial charge in [-0.1, -0.05) is 238 Å². The molecule has 0 amide bonds. The number of allylic oxidation sites excluding steroid dienone is 22. The third-order valence-corrected chi connectivity index (χ3v) is 10.8. The molecule has 1 atom stereocenters. The van der Waals surface area contributed by atoms with Crippen molar-refractivity contribution in [2.24, 2.45) is 0 Å². The number of ether oxygens (including phenoxy) is 3. The SMILES string of the molecule is CC\C=C/C=C\C=C/C=C\C=C/CCCCCC(=O)OC(COC(=O)CCCCCCCCC\C=C/C=C\C=C/CC)COC(=O)CCCCCCCCCCC/C=C\C/C=C\C/C=C\CC. The number of esters is 3. The molecular weight excluding hydrogens is 829 g/mol. The van der Waals surface area contributed by atoms with Crippen LogP contribution < -0.4 is 0 Å². The van der Waals surface area contributed by atoms with Crippen LogP contribution in [0.15, 0.2) is 134 Å². The van der Waals surface area contributed by atoms with Crippen molar-refractivity contribution in [1.82, 2.24) is 0 Å². The van der Waals surface area contributed by atoms with Gasteiger partial charge in [0.2, 0.25) is 0 Å². The highest BCUT2D eigenvalue weighted by molar-refractivity contribution is 5.71. The van der Waals surface area contributed by atoms with Crippen LogP contribution >= 0.6 is 0 Å². The van der Waals surface area contributed by atoms with E-state index in [1.165, 1.54) is 64.2 Å². The molecule has 0 spiro atoms. The molecule has 0 fully saturated rings. The summed E-state index contributed by atoms with van der Waals surface area (Å²) in [5.41, 5.74) is 0. The highest BCUT2D eigenvalue weighted by Crippen LogP contribution is 2.14. The van der Waals surface area contributed by atoms with E-state index >= 15 is 0 Å². The van der Waals surface area contributed by atoms with Crippen molar-refractivity contribution in [3.05, 3.63) is 134 Å². The number of carbonyl (C=O) groups excluding carboxylic acids is 3. The van der Waals surface area contributed by atoms with Crippen molar-refractivity contribution >= 4 is 17.9 Å². The monoisotopic (exact) mass is 925 g/mol. The average molecular weight is 925 g/mol. The fraction of sp³-hybridized carbons (Fsp3) is 0.590. The summed E-state index contributed by atoms with van der Waals surface area (Å²) in [4.78, 5) is 38.1. The second-order valence-electron chi connectivity index (χ2n) is 17.2. The minimum atomic E-state index is -0.813. The second kappa shape index (κ2) is 54.2. The van der Waals surface area contributed by atoms with E-state index in [0.29, 0.717) is 19.3 Å². The first-order valence-corrected chi connectivity index (χ1v) is 26.8. The molecule has 0 aromatic rings. The van der Waals surface area contributed by atoms with E-state index in [1.54, 1.807) is 0 Å². The Morgan fingerprint density at radius 3 is 1.03 bits per heavy atom. The normalized spacial score (nSPS) is 13.2. The van der Waals surface area contributed by atoms with Gasteiger partial charge in [0.05, 0.1) is 0 Å². The van der Waals surface area contributed by atoms with Gasteiger partial charge in [-0.25, -0.2) is 0 Å². The van der Waals surface area contributed by atoms with Crippen LogP contribution in [0.25, 0.3) is 0 Å². The number of hydrogen-bond acceptors (Lipinski definition) is 6. The van der Waals surface area contributed by atoms with E-state index in [-0.39, 0.29) is 37.5 Å². The van der Waals surface area contributed by atoms with Gasteiger partial charge in [-0.15, -0.1) is 0 Å². The molecule has 0 bridgehead atoms. The van der Waals surface area contributed by atoms with E-state index in [1.807, 2.05) is 48.6 Å². The van der Waals surface area contributed by atoms with Crippen molar-refractivity contribution in [3.8, 4) is 0 Å². The highest BCUT2D eigenvalue weighted by Gasteiger charge is 2.19. The molecule has 0 saturated heterocycles. The van der Waals surface area contributed by atoms with Crippen LogP contribution in [0.2, 0.25) is 0 Å². The van der Waals surface area contributed by atoms with E-state index in [2.05, 4.69) is 106 Å². The first-order chi connectivity index (χ1) is 33.0. The molecular formula is C61H96O6. The Hall–Kier alpha value is -4.45. The Morgan fingerprint density at radius 1 is 0.313 bits per heavy atom. The molecule has 0 saturated carbocycles. The molecule has 0 heterocycles. The van der Waals surface area contributed by atoms with Gasteiger partial charge < -0.3 is 14.2 Å². The van der Waals surface area contributed by atoms with Crippen molar-refractivity contribution in [3.63, 3.8) is 0 Å². The van der Waals surface area contributed by atoms with E-state index in [4.69, 9.17) is 14.2 Å². The minimum Gasteiger partial charge on any atom is -0.462 e. The van der Waals surface area contributed by atoms with Gasteiger partial charge in [-0.05, 0) is 89.9 Å². The van der Waals surface area contributed by atoms with Gasteiger partial charge in [0.25, 0.3) is 0 Å². The number of carbonyl (C=O) groups is 3. The largest absolute Gasteiger partial charge is 0.462 e. The molecule has 0 N–H and O–H groups in total. The molecule has 0 radical (unpaired) electrons. The van der Waals surface area contributed by atoms with Gasteiger partial charge in [-0.2, -0.15) is 0 Å². The van der Waals surface area contributed by atoms with Crippen molar-refractivity contribution in [2.75, 3.05) is 13.2 Å². The van der Waals surface area contributed by atoms with Crippen molar-refractivity contribution < 1.29 is 28.6 Å². The lowest BCUT2D eigenvalue weighted by Crippen LogP contribution is -2.30. The van der Waals surface area contributed by atoms with Crippen molar-refractivity contribution in [2.45, 2.75) is 219 Å². The summed E-state index contributed by atoms with van der Waals surface area (Å²) in [6, 6.07) is 0. The zero-order chi connectivity index (χ0) is 48.6. The van der Waals surface area contributed by atoms with Crippen LogP contribution in [0.3, 0.4) is 0 Å². The lowest BCUT2D eigenvalue weighted by atomic mass is 10.1. The lowest BCUT2D eigenvalue weighted by Gasteiger charge is -2.18. The minimum absolute atomic E-state index is 0.107. The second-order valence-corrected chi connectivity index (χ2v) is 17.2. The lowest BCUT2D eigenvalue weighted by molar-refractivity contribution is -0.167. The Labute approximate surface area is 411 Å². The predicted molar refractivity (Wildman–Crippen MR) is 288 cm³/mol. The van der Waals surface area contributed by atoms with Crippen LogP contribution in [-0.2, 0) is 28.6 Å². The summed E-state index contributed by atoms with van der Waals surface area (Å²) in [5, 5.41) is 0. The maximum absolute atomic E-state index is 12.8. The summed E-state index contributed by atoms with van der Waals surface area (Å²) in [5.74, 6) is -0.974. The zero-order valence-corrected chi connectivity index (χ0v) is 42.9. The summed E-state index contributed by atoms with van der Waals surface area (Å²) in [6.45, 7) is 6.19. The number of hydrogen-bond donors (Lipinski definition) is 0. The summed E-state index contributed by atoms with van der Waals surface area (Å²) in [7, 11) is 0. The van der Waals surface area contributed by atoms with Crippen LogP contribution in [-0.4, -0.2) is 37.2 Å². The Morgan fingerprint density at radius 2 is 0.612 bits per heavy atom. The molecule has 67 heavy (non-hydrogen) atoms. The number of unbranched alkanes of at least 4 members (excludes halogenated alkanes) is 19. The smallest absolute Gasteiger partial charge is 0.306 e. The predicted octanol–water partition coefficient (Wildman–Crippen LogP) is 17.9. The van der Waals surface area contributed by atoms with Gasteiger partial charge in [0.15, 0.2) is 6.10 Å².